The van der Waals surface area contributed by atoms with Gasteiger partial charge in [-0.25, -0.2) is 4.79 Å². The fraction of sp³-hybridized carbons (Fsp3) is 0.455. The Morgan fingerprint density at radius 2 is 2.44 bits per heavy atom. The van der Waals surface area contributed by atoms with Gasteiger partial charge >= 0.3 is 5.97 Å². The van der Waals surface area contributed by atoms with Crippen molar-refractivity contribution >= 4 is 11.8 Å². The third kappa shape index (κ3) is 1.80. The molecule has 86 valence electrons. The topological polar surface area (TPSA) is 47.4 Å². The van der Waals surface area contributed by atoms with Gasteiger partial charge in [-0.3, -0.25) is 4.68 Å². The van der Waals surface area contributed by atoms with Gasteiger partial charge in [0.2, 0.25) is 0 Å². The van der Waals surface area contributed by atoms with Gasteiger partial charge in [0.25, 0.3) is 0 Å². The number of aromatic nitrogens is 2. The third-order valence-corrected chi connectivity index (χ3v) is 2.50. The first-order valence-corrected chi connectivity index (χ1v) is 5.36. The van der Waals surface area contributed by atoms with Gasteiger partial charge in [-0.05, 0) is 13.3 Å². The molecule has 1 aliphatic rings. The Kier molecular flexibility index (Phi) is 2.94. The molecule has 0 aromatic carbocycles. The van der Waals surface area contributed by atoms with Gasteiger partial charge < -0.3 is 9.64 Å². The summed E-state index contributed by atoms with van der Waals surface area (Å²) in [5.74, 6) is 0.484. The maximum atomic E-state index is 11.7. The number of esters is 1. The highest BCUT2D eigenvalue weighted by atomic mass is 16.5. The second kappa shape index (κ2) is 4.38. The van der Waals surface area contributed by atoms with Crippen molar-refractivity contribution in [3.63, 3.8) is 0 Å². The predicted octanol–water partition coefficient (Wildman–Crippen LogP) is 1.32. The number of ether oxygens (including phenoxy) is 1. The van der Waals surface area contributed by atoms with E-state index < -0.39 is 0 Å². The SMILES string of the molecule is CCOC(=O)c1cnn(C)c1N1C=CCC1. The average Bonchev–Trinajstić information content (AvgIpc) is 2.86. The molecule has 0 aliphatic carbocycles. The summed E-state index contributed by atoms with van der Waals surface area (Å²) >= 11 is 0. The number of rotatable bonds is 3. The van der Waals surface area contributed by atoms with E-state index >= 15 is 0 Å². The summed E-state index contributed by atoms with van der Waals surface area (Å²) in [7, 11) is 1.82. The van der Waals surface area contributed by atoms with E-state index in [0.717, 1.165) is 18.8 Å². The molecule has 1 aromatic rings. The molecule has 0 saturated heterocycles. The van der Waals surface area contributed by atoms with Crippen LogP contribution in [0.15, 0.2) is 18.5 Å². The molecule has 0 amide bonds. The second-order valence-corrected chi connectivity index (χ2v) is 3.59. The van der Waals surface area contributed by atoms with Crippen LogP contribution in [-0.2, 0) is 11.8 Å². The Morgan fingerprint density at radius 1 is 1.62 bits per heavy atom. The zero-order valence-corrected chi connectivity index (χ0v) is 9.51. The van der Waals surface area contributed by atoms with Gasteiger partial charge in [-0.2, -0.15) is 5.10 Å². The third-order valence-electron chi connectivity index (χ3n) is 2.50. The molecular formula is C11H15N3O2. The van der Waals surface area contributed by atoms with Crippen LogP contribution in [-0.4, -0.2) is 28.9 Å². The van der Waals surface area contributed by atoms with Crippen LogP contribution in [0.5, 0.6) is 0 Å². The van der Waals surface area contributed by atoms with E-state index in [-0.39, 0.29) is 5.97 Å². The monoisotopic (exact) mass is 221 g/mol. The van der Waals surface area contributed by atoms with Crippen molar-refractivity contribution < 1.29 is 9.53 Å². The molecule has 5 nitrogen and oxygen atoms in total. The molecule has 2 heterocycles. The molecule has 0 unspecified atom stereocenters. The van der Waals surface area contributed by atoms with Crippen molar-refractivity contribution in [3.8, 4) is 0 Å². The van der Waals surface area contributed by atoms with Crippen LogP contribution in [0.4, 0.5) is 5.82 Å². The van der Waals surface area contributed by atoms with E-state index in [1.807, 2.05) is 18.1 Å². The maximum absolute atomic E-state index is 11.7. The fourth-order valence-electron chi connectivity index (χ4n) is 1.79. The Bertz CT molecular complexity index is 423. The predicted molar refractivity (Wildman–Crippen MR) is 60.3 cm³/mol. The van der Waals surface area contributed by atoms with Crippen molar-refractivity contribution in [1.82, 2.24) is 9.78 Å². The number of aryl methyl sites for hydroxylation is 1. The van der Waals surface area contributed by atoms with Crippen LogP contribution in [0, 0.1) is 0 Å². The van der Waals surface area contributed by atoms with Gasteiger partial charge in [-0.1, -0.05) is 6.08 Å². The Balaban J connectivity index is 2.31. The first-order valence-electron chi connectivity index (χ1n) is 5.36. The van der Waals surface area contributed by atoms with E-state index in [9.17, 15) is 4.79 Å². The molecule has 0 spiro atoms. The molecular weight excluding hydrogens is 206 g/mol. The molecule has 0 radical (unpaired) electrons. The zero-order chi connectivity index (χ0) is 11.5. The quantitative estimate of drug-likeness (QED) is 0.722. The lowest BCUT2D eigenvalue weighted by atomic mass is 10.3. The van der Waals surface area contributed by atoms with Gasteiger partial charge in [0.1, 0.15) is 11.4 Å². The molecule has 0 saturated carbocycles. The van der Waals surface area contributed by atoms with Gasteiger partial charge in [0, 0.05) is 19.8 Å². The summed E-state index contributed by atoms with van der Waals surface area (Å²) < 4.78 is 6.69. The van der Waals surface area contributed by atoms with Crippen molar-refractivity contribution in [2.45, 2.75) is 13.3 Å². The molecule has 1 aliphatic heterocycles. The lowest BCUT2D eigenvalue weighted by Gasteiger charge is -2.16. The summed E-state index contributed by atoms with van der Waals surface area (Å²) in [6.45, 7) is 3.05. The highest BCUT2D eigenvalue weighted by molar-refractivity contribution is 5.95. The number of hydrogen-bond donors (Lipinski definition) is 0. The first kappa shape index (κ1) is 10.7. The van der Waals surface area contributed by atoms with Crippen LogP contribution in [0.2, 0.25) is 0 Å². The minimum absolute atomic E-state index is 0.314. The Labute approximate surface area is 94.3 Å². The fourth-order valence-corrected chi connectivity index (χ4v) is 1.79. The van der Waals surface area contributed by atoms with Crippen LogP contribution >= 0.6 is 0 Å². The number of anilines is 1. The maximum Gasteiger partial charge on any atom is 0.343 e. The molecule has 2 rings (SSSR count). The van der Waals surface area contributed by atoms with E-state index in [0.29, 0.717) is 12.2 Å². The minimum atomic E-state index is -0.314. The first-order chi connectivity index (χ1) is 7.74. The van der Waals surface area contributed by atoms with E-state index in [4.69, 9.17) is 4.74 Å². The molecule has 0 atom stereocenters. The number of carbonyl (C=O) groups excluding carboxylic acids is 1. The van der Waals surface area contributed by atoms with Crippen molar-refractivity contribution in [1.29, 1.82) is 0 Å². The van der Waals surface area contributed by atoms with E-state index in [2.05, 4.69) is 11.2 Å². The molecule has 0 N–H and O–H groups in total. The van der Waals surface area contributed by atoms with Crippen LogP contribution in [0.3, 0.4) is 0 Å². The smallest absolute Gasteiger partial charge is 0.343 e. The minimum Gasteiger partial charge on any atom is -0.462 e. The summed E-state index contributed by atoms with van der Waals surface area (Å²) in [4.78, 5) is 13.7. The lowest BCUT2D eigenvalue weighted by Crippen LogP contribution is -2.19. The van der Waals surface area contributed by atoms with Gasteiger partial charge in [0.15, 0.2) is 0 Å². The van der Waals surface area contributed by atoms with E-state index in [1.54, 1.807) is 17.8 Å². The standard InChI is InChI=1S/C11H15N3O2/c1-3-16-11(15)9-8-12-13(2)10(9)14-6-4-5-7-14/h4,6,8H,3,5,7H2,1-2H3. The zero-order valence-electron chi connectivity index (χ0n) is 9.51. The number of carbonyl (C=O) groups is 1. The highest BCUT2D eigenvalue weighted by Crippen LogP contribution is 2.23. The summed E-state index contributed by atoms with van der Waals surface area (Å²) in [5, 5.41) is 4.10. The largest absolute Gasteiger partial charge is 0.462 e. The normalized spacial score (nSPS) is 14.5. The van der Waals surface area contributed by atoms with Crippen molar-refractivity contribution in [2.24, 2.45) is 7.05 Å². The number of hydrogen-bond acceptors (Lipinski definition) is 4. The summed E-state index contributed by atoms with van der Waals surface area (Å²) in [5.41, 5.74) is 0.524. The van der Waals surface area contributed by atoms with Crippen molar-refractivity contribution in [2.75, 3.05) is 18.1 Å². The molecule has 0 fully saturated rings. The van der Waals surface area contributed by atoms with Gasteiger partial charge in [-0.15, -0.1) is 0 Å². The van der Waals surface area contributed by atoms with Crippen LogP contribution < -0.4 is 4.90 Å². The van der Waals surface area contributed by atoms with Crippen LogP contribution in [0.1, 0.15) is 23.7 Å². The highest BCUT2D eigenvalue weighted by Gasteiger charge is 2.22. The average molecular weight is 221 g/mol. The van der Waals surface area contributed by atoms with Crippen molar-refractivity contribution in [3.05, 3.63) is 24.0 Å². The van der Waals surface area contributed by atoms with E-state index in [1.165, 1.54) is 0 Å². The molecule has 5 heteroatoms. The molecule has 1 aromatic heterocycles. The second-order valence-electron chi connectivity index (χ2n) is 3.59. The Morgan fingerprint density at radius 3 is 3.06 bits per heavy atom. The van der Waals surface area contributed by atoms with Crippen LogP contribution in [0.25, 0.3) is 0 Å². The molecule has 16 heavy (non-hydrogen) atoms. The summed E-state index contributed by atoms with van der Waals surface area (Å²) in [6.07, 6.45) is 6.59. The molecule has 0 bridgehead atoms. The lowest BCUT2D eigenvalue weighted by molar-refractivity contribution is 0.0527. The van der Waals surface area contributed by atoms with Gasteiger partial charge in [0.05, 0.1) is 12.8 Å². The summed E-state index contributed by atoms with van der Waals surface area (Å²) in [6, 6.07) is 0. The number of nitrogens with zero attached hydrogens (tertiary/aromatic N) is 3. The Hall–Kier alpha value is -1.78.